The summed E-state index contributed by atoms with van der Waals surface area (Å²) in [7, 11) is 0. The Hall–Kier alpha value is -1.50. The molecule has 168 valence electrons. The first-order valence-electron chi connectivity index (χ1n) is 9.17. The summed E-state index contributed by atoms with van der Waals surface area (Å²) < 4.78 is 0. The molecule has 0 spiro atoms. The molecule has 0 bridgehead atoms. The molecule has 0 aliphatic heterocycles. The van der Waals surface area contributed by atoms with Gasteiger partial charge in [0.25, 0.3) is 0 Å². The lowest BCUT2D eigenvalue weighted by atomic mass is 10.0. The topological polar surface area (TPSA) is 171 Å². The minimum Gasteiger partial charge on any atom is -0.480 e. The first-order valence-corrected chi connectivity index (χ1v) is 11.2. The van der Waals surface area contributed by atoms with Gasteiger partial charge in [-0.2, -0.15) is 24.4 Å². The number of aliphatic hydroxyl groups is 1. The predicted molar refractivity (Wildman–Crippen MR) is 115 cm³/mol. The van der Waals surface area contributed by atoms with Crippen molar-refractivity contribution in [3.63, 3.8) is 0 Å². The lowest BCUT2D eigenvalue weighted by molar-refractivity contribution is -0.143. The Morgan fingerprint density at radius 1 is 1.00 bits per heavy atom. The SMILES string of the molecule is CSCCC(N)C(=O)NC(CC(C)C)C(=O)NC(CS)C(=O)NC(CO)C(=O)O. The molecule has 0 heterocycles. The Morgan fingerprint density at radius 2 is 1.52 bits per heavy atom. The Bertz CT molecular complexity index is 564. The number of nitrogens with two attached hydrogens (primary N) is 1. The summed E-state index contributed by atoms with van der Waals surface area (Å²) in [6, 6.07) is -4.31. The highest BCUT2D eigenvalue weighted by molar-refractivity contribution is 7.98. The van der Waals surface area contributed by atoms with E-state index in [1.54, 1.807) is 11.8 Å². The molecule has 12 heteroatoms. The Morgan fingerprint density at radius 3 is 1.97 bits per heavy atom. The van der Waals surface area contributed by atoms with Crippen LogP contribution in [-0.2, 0) is 19.2 Å². The highest BCUT2D eigenvalue weighted by Gasteiger charge is 2.29. The van der Waals surface area contributed by atoms with E-state index in [0.717, 1.165) is 0 Å². The normalized spacial score (nSPS) is 15.1. The highest BCUT2D eigenvalue weighted by Crippen LogP contribution is 2.07. The van der Waals surface area contributed by atoms with Crippen LogP contribution in [-0.4, -0.2) is 82.4 Å². The van der Waals surface area contributed by atoms with Crippen LogP contribution < -0.4 is 21.7 Å². The van der Waals surface area contributed by atoms with Gasteiger partial charge in [0.05, 0.1) is 12.6 Å². The van der Waals surface area contributed by atoms with E-state index in [1.807, 2.05) is 20.1 Å². The predicted octanol–water partition coefficient (Wildman–Crippen LogP) is -1.43. The molecule has 0 aromatic rings. The summed E-state index contributed by atoms with van der Waals surface area (Å²) in [5.41, 5.74) is 5.84. The van der Waals surface area contributed by atoms with Crippen molar-refractivity contribution < 1.29 is 29.4 Å². The van der Waals surface area contributed by atoms with E-state index in [1.165, 1.54) is 0 Å². The monoisotopic (exact) mass is 452 g/mol. The Balaban J connectivity index is 5.10. The number of carboxylic acid groups (broad SMARTS) is 1. The van der Waals surface area contributed by atoms with Gasteiger partial charge in [-0.05, 0) is 30.8 Å². The van der Waals surface area contributed by atoms with Crippen LogP contribution >= 0.6 is 24.4 Å². The lowest BCUT2D eigenvalue weighted by Gasteiger charge is -2.25. The molecule has 0 fully saturated rings. The van der Waals surface area contributed by atoms with Crippen LogP contribution in [0.2, 0.25) is 0 Å². The zero-order valence-corrected chi connectivity index (χ0v) is 18.6. The van der Waals surface area contributed by atoms with Crippen molar-refractivity contribution in [2.24, 2.45) is 11.7 Å². The summed E-state index contributed by atoms with van der Waals surface area (Å²) in [6.07, 6.45) is 2.68. The third-order valence-electron chi connectivity index (χ3n) is 3.92. The van der Waals surface area contributed by atoms with Gasteiger partial charge in [0, 0.05) is 5.75 Å². The first-order chi connectivity index (χ1) is 13.6. The number of carbonyl (C=O) groups excluding carboxylic acids is 3. The molecule has 0 aliphatic rings. The van der Waals surface area contributed by atoms with E-state index in [9.17, 15) is 19.2 Å². The van der Waals surface area contributed by atoms with Crippen LogP contribution in [0.1, 0.15) is 26.7 Å². The van der Waals surface area contributed by atoms with Gasteiger partial charge in [-0.1, -0.05) is 13.8 Å². The number of hydrogen-bond donors (Lipinski definition) is 7. The standard InChI is InChI=1S/C17H32N4O6S2/c1-9(2)6-11(19-14(23)10(18)4-5-29-3)15(24)21-13(8-28)16(25)20-12(7-22)17(26)27/h9-13,22,28H,4-8,18H2,1-3H3,(H,19,23)(H,20,25)(H,21,24)(H,26,27). The largest absolute Gasteiger partial charge is 0.480 e. The molecule has 0 aromatic carbocycles. The summed E-state index contributed by atoms with van der Waals surface area (Å²) in [5.74, 6) is -2.61. The van der Waals surface area contributed by atoms with Crippen molar-refractivity contribution in [2.45, 2.75) is 50.9 Å². The molecule has 0 rings (SSSR count). The molecule has 0 aromatic heterocycles. The number of carbonyl (C=O) groups is 4. The van der Waals surface area contributed by atoms with Gasteiger partial charge in [0.15, 0.2) is 0 Å². The van der Waals surface area contributed by atoms with Crippen molar-refractivity contribution in [3.8, 4) is 0 Å². The molecule has 29 heavy (non-hydrogen) atoms. The van der Waals surface area contributed by atoms with Gasteiger partial charge in [0.1, 0.15) is 18.1 Å². The maximum absolute atomic E-state index is 12.7. The Labute approximate surface area is 180 Å². The molecule has 10 nitrogen and oxygen atoms in total. The van der Waals surface area contributed by atoms with E-state index in [4.69, 9.17) is 15.9 Å². The number of aliphatic hydroxyl groups excluding tert-OH is 1. The second-order valence-electron chi connectivity index (χ2n) is 6.90. The van der Waals surface area contributed by atoms with E-state index in [0.29, 0.717) is 18.6 Å². The van der Waals surface area contributed by atoms with E-state index in [2.05, 4.69) is 28.6 Å². The van der Waals surface area contributed by atoms with Crippen molar-refractivity contribution in [3.05, 3.63) is 0 Å². The highest BCUT2D eigenvalue weighted by atomic mass is 32.2. The summed E-state index contributed by atoms with van der Waals surface area (Å²) in [5, 5.41) is 25.1. The van der Waals surface area contributed by atoms with Crippen molar-refractivity contribution in [1.29, 1.82) is 0 Å². The van der Waals surface area contributed by atoms with Gasteiger partial charge in [-0.15, -0.1) is 0 Å². The van der Waals surface area contributed by atoms with Crippen LogP contribution in [0, 0.1) is 5.92 Å². The van der Waals surface area contributed by atoms with E-state index >= 15 is 0 Å². The minimum atomic E-state index is -1.50. The van der Waals surface area contributed by atoms with Crippen LogP contribution in [0.5, 0.6) is 0 Å². The van der Waals surface area contributed by atoms with Gasteiger partial charge in [0.2, 0.25) is 17.7 Å². The van der Waals surface area contributed by atoms with Crippen LogP contribution in [0.25, 0.3) is 0 Å². The zero-order chi connectivity index (χ0) is 22.6. The fraction of sp³-hybridized carbons (Fsp3) is 0.765. The van der Waals surface area contributed by atoms with Crippen LogP contribution in [0.4, 0.5) is 0 Å². The third-order valence-corrected chi connectivity index (χ3v) is 4.93. The van der Waals surface area contributed by atoms with E-state index in [-0.39, 0.29) is 11.7 Å². The van der Waals surface area contributed by atoms with Crippen molar-refractivity contribution in [1.82, 2.24) is 16.0 Å². The van der Waals surface area contributed by atoms with Gasteiger partial charge >= 0.3 is 5.97 Å². The number of carboxylic acids is 1. The van der Waals surface area contributed by atoms with Crippen LogP contribution in [0.3, 0.4) is 0 Å². The van der Waals surface area contributed by atoms with Gasteiger partial charge < -0.3 is 31.9 Å². The number of thioether (sulfide) groups is 1. The second-order valence-corrected chi connectivity index (χ2v) is 8.26. The molecule has 4 unspecified atom stereocenters. The number of rotatable bonds is 14. The molecule has 0 radical (unpaired) electrons. The maximum atomic E-state index is 12.7. The quantitative estimate of drug-likeness (QED) is 0.157. The molecular formula is C17H32N4O6S2. The molecule has 0 saturated heterocycles. The smallest absolute Gasteiger partial charge is 0.328 e. The van der Waals surface area contributed by atoms with E-state index < -0.39 is 54.5 Å². The van der Waals surface area contributed by atoms with Gasteiger partial charge in [-0.3, -0.25) is 14.4 Å². The lowest BCUT2D eigenvalue weighted by Crippen LogP contribution is -2.58. The van der Waals surface area contributed by atoms with Gasteiger partial charge in [-0.25, -0.2) is 4.79 Å². The molecule has 0 saturated carbocycles. The number of nitrogens with one attached hydrogen (secondary N) is 3. The molecule has 7 N–H and O–H groups in total. The second kappa shape index (κ2) is 14.5. The maximum Gasteiger partial charge on any atom is 0.328 e. The average Bonchev–Trinajstić information content (AvgIpc) is 2.66. The molecular weight excluding hydrogens is 420 g/mol. The summed E-state index contributed by atoms with van der Waals surface area (Å²) in [6.45, 7) is 2.96. The fourth-order valence-corrected chi connectivity index (χ4v) is 3.03. The first kappa shape index (κ1) is 27.5. The summed E-state index contributed by atoms with van der Waals surface area (Å²) in [4.78, 5) is 48.1. The van der Waals surface area contributed by atoms with Crippen molar-refractivity contribution in [2.75, 3.05) is 24.4 Å². The fourth-order valence-electron chi connectivity index (χ4n) is 2.28. The Kier molecular flexibility index (Phi) is 13.7. The summed E-state index contributed by atoms with van der Waals surface area (Å²) >= 11 is 5.57. The molecule has 3 amide bonds. The molecule has 4 atom stereocenters. The third kappa shape index (κ3) is 10.7. The number of hydrogen-bond acceptors (Lipinski definition) is 8. The zero-order valence-electron chi connectivity index (χ0n) is 16.9. The average molecular weight is 453 g/mol. The van der Waals surface area contributed by atoms with Crippen LogP contribution in [0.15, 0.2) is 0 Å². The molecule has 0 aliphatic carbocycles. The number of amides is 3. The number of aliphatic carboxylic acids is 1. The number of thiol groups is 1. The van der Waals surface area contributed by atoms with Crippen molar-refractivity contribution >= 4 is 48.1 Å². The minimum absolute atomic E-state index is 0.0718.